The lowest BCUT2D eigenvalue weighted by atomic mass is 10.0. The molecule has 0 radical (unpaired) electrons. The van der Waals surface area contributed by atoms with Crippen LogP contribution in [-0.2, 0) is 4.74 Å². The van der Waals surface area contributed by atoms with E-state index < -0.39 is 0 Å². The van der Waals surface area contributed by atoms with E-state index in [1.807, 2.05) is 0 Å². The molecule has 1 saturated heterocycles. The summed E-state index contributed by atoms with van der Waals surface area (Å²) in [5.41, 5.74) is 6.95. The summed E-state index contributed by atoms with van der Waals surface area (Å²) in [5, 5.41) is 3.03. The van der Waals surface area contributed by atoms with Crippen molar-refractivity contribution in [2.24, 2.45) is 5.92 Å². The molecular formula is C16H26ClN3O2. The van der Waals surface area contributed by atoms with Gasteiger partial charge in [-0.05, 0) is 30.2 Å². The van der Waals surface area contributed by atoms with Crippen molar-refractivity contribution in [3.63, 3.8) is 0 Å². The van der Waals surface area contributed by atoms with Gasteiger partial charge < -0.3 is 15.8 Å². The lowest BCUT2D eigenvalue weighted by Crippen LogP contribution is -2.51. The molecule has 22 heavy (non-hydrogen) atoms. The molecule has 1 unspecified atom stereocenters. The molecule has 124 valence electrons. The summed E-state index contributed by atoms with van der Waals surface area (Å²) in [7, 11) is 0. The minimum Gasteiger partial charge on any atom is -0.399 e. The lowest BCUT2D eigenvalue weighted by molar-refractivity contribution is 0.00673. The summed E-state index contributed by atoms with van der Waals surface area (Å²) in [6.45, 7) is 8.44. The highest BCUT2D eigenvalue weighted by atomic mass is 35.5. The number of halogens is 1. The number of rotatable bonds is 5. The quantitative estimate of drug-likeness (QED) is 0.809. The Balaban J connectivity index is 0.00000242. The number of ether oxygens (including phenoxy) is 1. The fourth-order valence-corrected chi connectivity index (χ4v) is 2.63. The highest BCUT2D eigenvalue weighted by Gasteiger charge is 2.24. The molecule has 1 fully saturated rings. The molecule has 0 aliphatic carbocycles. The van der Waals surface area contributed by atoms with Crippen LogP contribution in [0.4, 0.5) is 5.69 Å². The van der Waals surface area contributed by atoms with E-state index in [-0.39, 0.29) is 18.3 Å². The summed E-state index contributed by atoms with van der Waals surface area (Å²) in [6.07, 6.45) is 0. The largest absolute Gasteiger partial charge is 0.399 e. The first-order chi connectivity index (χ1) is 10.1. The molecule has 5 nitrogen and oxygen atoms in total. The summed E-state index contributed by atoms with van der Waals surface area (Å²) < 4.78 is 5.39. The molecule has 1 atom stereocenters. The Kier molecular flexibility index (Phi) is 7.65. The molecule has 2 rings (SSSR count). The Morgan fingerprint density at radius 1 is 1.27 bits per heavy atom. The first-order valence-electron chi connectivity index (χ1n) is 7.53. The van der Waals surface area contributed by atoms with Gasteiger partial charge in [0.1, 0.15) is 0 Å². The highest BCUT2D eigenvalue weighted by molar-refractivity contribution is 5.94. The van der Waals surface area contributed by atoms with Crippen molar-refractivity contribution >= 4 is 24.0 Å². The predicted molar refractivity (Wildman–Crippen MR) is 91.5 cm³/mol. The van der Waals surface area contributed by atoms with Crippen LogP contribution in [0.2, 0.25) is 0 Å². The lowest BCUT2D eigenvalue weighted by Gasteiger charge is -2.36. The van der Waals surface area contributed by atoms with Crippen molar-refractivity contribution in [3.05, 3.63) is 29.8 Å². The second kappa shape index (κ2) is 8.98. The average Bonchev–Trinajstić information content (AvgIpc) is 2.48. The van der Waals surface area contributed by atoms with Crippen molar-refractivity contribution in [3.8, 4) is 0 Å². The number of morpholine rings is 1. The van der Waals surface area contributed by atoms with Crippen LogP contribution in [0.1, 0.15) is 24.2 Å². The van der Waals surface area contributed by atoms with Gasteiger partial charge in [0.25, 0.3) is 5.91 Å². The third-order valence-electron chi connectivity index (χ3n) is 3.93. The smallest absolute Gasteiger partial charge is 0.251 e. The van der Waals surface area contributed by atoms with E-state index in [2.05, 4.69) is 24.1 Å². The summed E-state index contributed by atoms with van der Waals surface area (Å²) in [5.74, 6) is 0.434. The van der Waals surface area contributed by atoms with Crippen LogP contribution >= 0.6 is 12.4 Å². The molecule has 6 heteroatoms. The summed E-state index contributed by atoms with van der Waals surface area (Å²) in [6, 6.07) is 7.34. The Morgan fingerprint density at radius 3 is 2.41 bits per heavy atom. The molecule has 0 saturated carbocycles. The number of hydrogen-bond acceptors (Lipinski definition) is 4. The highest BCUT2D eigenvalue weighted by Crippen LogP contribution is 2.13. The normalized spacial score (nSPS) is 16.9. The number of nitrogens with one attached hydrogen (secondary N) is 1. The number of amides is 1. The molecule has 0 aromatic heterocycles. The third kappa shape index (κ3) is 5.16. The van der Waals surface area contributed by atoms with Gasteiger partial charge in [0, 0.05) is 36.9 Å². The number of carbonyl (C=O) groups excluding carboxylic acids is 1. The van der Waals surface area contributed by atoms with E-state index in [4.69, 9.17) is 10.5 Å². The fraction of sp³-hybridized carbons (Fsp3) is 0.562. The topological polar surface area (TPSA) is 67.6 Å². The second-order valence-corrected chi connectivity index (χ2v) is 5.79. The molecule has 1 aliphatic rings. The molecule has 1 aliphatic heterocycles. The maximum Gasteiger partial charge on any atom is 0.251 e. The molecule has 1 heterocycles. The van der Waals surface area contributed by atoms with Gasteiger partial charge in [0.05, 0.1) is 13.2 Å². The van der Waals surface area contributed by atoms with E-state index in [1.165, 1.54) is 0 Å². The van der Waals surface area contributed by atoms with Crippen molar-refractivity contribution in [2.75, 3.05) is 38.6 Å². The molecular weight excluding hydrogens is 302 g/mol. The van der Waals surface area contributed by atoms with E-state index in [0.29, 0.717) is 29.8 Å². The number of nitrogens with two attached hydrogens (primary N) is 1. The number of carbonyl (C=O) groups is 1. The van der Waals surface area contributed by atoms with Gasteiger partial charge in [0.15, 0.2) is 0 Å². The Bertz CT molecular complexity index is 459. The van der Waals surface area contributed by atoms with Crippen LogP contribution in [-0.4, -0.2) is 49.7 Å². The Hall–Kier alpha value is -1.30. The van der Waals surface area contributed by atoms with Gasteiger partial charge in [-0.3, -0.25) is 9.69 Å². The SMILES string of the molecule is CC(C)C(CNC(=O)c1ccc(N)cc1)N1CCOCC1.Cl. The van der Waals surface area contributed by atoms with E-state index in [1.54, 1.807) is 24.3 Å². The number of nitrogens with zero attached hydrogens (tertiary/aromatic N) is 1. The van der Waals surface area contributed by atoms with Crippen LogP contribution in [0.5, 0.6) is 0 Å². The molecule has 3 N–H and O–H groups in total. The van der Waals surface area contributed by atoms with Crippen molar-refractivity contribution in [2.45, 2.75) is 19.9 Å². The van der Waals surface area contributed by atoms with Gasteiger partial charge in [-0.15, -0.1) is 12.4 Å². The Labute approximate surface area is 138 Å². The van der Waals surface area contributed by atoms with Gasteiger partial charge in [-0.2, -0.15) is 0 Å². The number of anilines is 1. The van der Waals surface area contributed by atoms with E-state index in [9.17, 15) is 4.79 Å². The fourth-order valence-electron chi connectivity index (χ4n) is 2.63. The first-order valence-corrected chi connectivity index (χ1v) is 7.53. The molecule has 0 bridgehead atoms. The van der Waals surface area contributed by atoms with Gasteiger partial charge in [-0.1, -0.05) is 13.8 Å². The van der Waals surface area contributed by atoms with Crippen LogP contribution in [0.3, 0.4) is 0 Å². The first kappa shape index (κ1) is 18.7. The zero-order chi connectivity index (χ0) is 15.2. The van der Waals surface area contributed by atoms with Crippen LogP contribution in [0.15, 0.2) is 24.3 Å². The molecule has 1 amide bonds. The standard InChI is InChI=1S/C16H25N3O2.ClH/c1-12(2)15(19-7-9-21-10-8-19)11-18-16(20)13-3-5-14(17)6-4-13;/h3-6,12,15H,7-11,17H2,1-2H3,(H,18,20);1H. The molecule has 1 aromatic rings. The van der Waals surface area contributed by atoms with Crippen molar-refractivity contribution in [1.82, 2.24) is 10.2 Å². The van der Waals surface area contributed by atoms with E-state index >= 15 is 0 Å². The molecule has 1 aromatic carbocycles. The number of hydrogen-bond donors (Lipinski definition) is 2. The van der Waals surface area contributed by atoms with E-state index in [0.717, 1.165) is 26.3 Å². The van der Waals surface area contributed by atoms with Crippen molar-refractivity contribution in [1.29, 1.82) is 0 Å². The van der Waals surface area contributed by atoms with Crippen LogP contribution < -0.4 is 11.1 Å². The van der Waals surface area contributed by atoms with Gasteiger partial charge >= 0.3 is 0 Å². The average molecular weight is 328 g/mol. The third-order valence-corrected chi connectivity index (χ3v) is 3.93. The Morgan fingerprint density at radius 2 is 1.86 bits per heavy atom. The monoisotopic (exact) mass is 327 g/mol. The number of benzene rings is 1. The van der Waals surface area contributed by atoms with Crippen molar-refractivity contribution < 1.29 is 9.53 Å². The predicted octanol–water partition coefficient (Wildman–Crippen LogP) is 1.78. The van der Waals surface area contributed by atoms with Crippen LogP contribution in [0, 0.1) is 5.92 Å². The minimum absolute atomic E-state index is 0. The summed E-state index contributed by atoms with van der Waals surface area (Å²) in [4.78, 5) is 14.6. The van der Waals surface area contributed by atoms with Gasteiger partial charge in [0.2, 0.25) is 0 Å². The maximum atomic E-state index is 12.2. The second-order valence-electron chi connectivity index (χ2n) is 5.79. The zero-order valence-electron chi connectivity index (χ0n) is 13.2. The van der Waals surface area contributed by atoms with Crippen LogP contribution in [0.25, 0.3) is 0 Å². The number of nitrogen functional groups attached to an aromatic ring is 1. The minimum atomic E-state index is -0.0473. The zero-order valence-corrected chi connectivity index (χ0v) is 14.1. The maximum absolute atomic E-state index is 12.2. The molecule has 0 spiro atoms. The van der Waals surface area contributed by atoms with Gasteiger partial charge in [-0.25, -0.2) is 0 Å². The summed E-state index contributed by atoms with van der Waals surface area (Å²) >= 11 is 0.